The molecule has 2 heterocycles. The Bertz CT molecular complexity index is 1010. The van der Waals surface area contributed by atoms with Crippen LogP contribution >= 0.6 is 11.8 Å². The molecule has 10 heteroatoms. The average Bonchev–Trinajstić information content (AvgIpc) is 3.15. The van der Waals surface area contributed by atoms with E-state index in [1.54, 1.807) is 20.8 Å². The number of ether oxygens (including phenoxy) is 1. The molecule has 0 unspecified atom stereocenters. The maximum atomic E-state index is 12.6. The molecule has 2 saturated heterocycles. The molecule has 3 rings (SSSR count). The number of benzene rings is 1. The van der Waals surface area contributed by atoms with Gasteiger partial charge in [-0.2, -0.15) is 4.99 Å². The second-order valence-corrected chi connectivity index (χ2v) is 12.3. The van der Waals surface area contributed by atoms with Crippen molar-refractivity contribution in [3.63, 3.8) is 0 Å². The van der Waals surface area contributed by atoms with E-state index in [9.17, 15) is 18.0 Å². The fourth-order valence-electron chi connectivity index (χ4n) is 3.96. The van der Waals surface area contributed by atoms with Gasteiger partial charge in [-0.05, 0) is 44.7 Å². The lowest BCUT2D eigenvalue weighted by Gasteiger charge is -2.29. The van der Waals surface area contributed by atoms with Gasteiger partial charge in [0.25, 0.3) is 5.91 Å². The first-order chi connectivity index (χ1) is 14.9. The average molecular weight is 482 g/mol. The number of anilines is 1. The minimum atomic E-state index is -3.15. The quantitative estimate of drug-likeness (QED) is 0.689. The number of amidine groups is 1. The fraction of sp³-hybridized carbons (Fsp3) is 0.591. The van der Waals surface area contributed by atoms with E-state index in [-0.39, 0.29) is 29.3 Å². The summed E-state index contributed by atoms with van der Waals surface area (Å²) in [6.07, 6.45) is 0.862. The summed E-state index contributed by atoms with van der Waals surface area (Å²) in [5.41, 5.74) is 2.45. The topological polar surface area (TPSA) is 105 Å². The first-order valence-electron chi connectivity index (χ1n) is 10.8. The number of aliphatic imine (C=N–C) groups is 1. The van der Waals surface area contributed by atoms with Gasteiger partial charge < -0.3 is 15.0 Å². The molecule has 32 heavy (non-hydrogen) atoms. The van der Waals surface area contributed by atoms with Crippen molar-refractivity contribution < 1.29 is 22.7 Å². The van der Waals surface area contributed by atoms with Crippen LogP contribution in [0.3, 0.4) is 0 Å². The second kappa shape index (κ2) is 9.43. The number of alkyl carbamates (subject to hydrolysis) is 1. The molecule has 2 fully saturated rings. The van der Waals surface area contributed by atoms with Crippen LogP contribution in [0.5, 0.6) is 0 Å². The molecule has 2 atom stereocenters. The third kappa shape index (κ3) is 5.64. The Labute approximate surface area is 194 Å². The van der Waals surface area contributed by atoms with Crippen LogP contribution in [0, 0.1) is 0 Å². The molecule has 2 amide bonds. The number of fused-ring (bicyclic) bond motifs is 1. The van der Waals surface area contributed by atoms with Crippen LogP contribution in [-0.2, 0) is 32.2 Å². The molecule has 1 N–H and O–H groups in total. The minimum absolute atomic E-state index is 0.0369. The van der Waals surface area contributed by atoms with E-state index < -0.39 is 27.4 Å². The van der Waals surface area contributed by atoms with Crippen molar-refractivity contribution in [2.45, 2.75) is 64.4 Å². The smallest absolute Gasteiger partial charge is 0.408 e. The molecule has 1 aromatic carbocycles. The van der Waals surface area contributed by atoms with Crippen LogP contribution in [0.25, 0.3) is 0 Å². The van der Waals surface area contributed by atoms with E-state index in [2.05, 4.69) is 24.2 Å². The lowest BCUT2D eigenvalue weighted by Crippen LogP contribution is -2.39. The predicted octanol–water partition coefficient (Wildman–Crippen LogP) is 2.94. The van der Waals surface area contributed by atoms with Crippen molar-refractivity contribution in [2.24, 2.45) is 4.99 Å². The Kier molecular flexibility index (Phi) is 7.24. The van der Waals surface area contributed by atoms with Crippen LogP contribution < -0.4 is 10.2 Å². The van der Waals surface area contributed by atoms with Crippen molar-refractivity contribution in [2.75, 3.05) is 23.0 Å². The number of nitrogens with zero attached hydrogens (tertiary/aromatic N) is 2. The monoisotopic (exact) mass is 481 g/mol. The zero-order chi connectivity index (χ0) is 23.7. The SMILES string of the molecule is CCc1cccc(CC)c1N1C(=NC(=O)CNC(=O)OC(C)(C)C)S[C@@H]2CS(=O)(=O)C[C@@H]21. The Morgan fingerprint density at radius 2 is 1.81 bits per heavy atom. The summed E-state index contributed by atoms with van der Waals surface area (Å²) in [5, 5.41) is 2.74. The molecule has 0 aromatic heterocycles. The summed E-state index contributed by atoms with van der Waals surface area (Å²) < 4.78 is 29.8. The molecule has 0 spiro atoms. The molecule has 2 aliphatic heterocycles. The van der Waals surface area contributed by atoms with Crippen molar-refractivity contribution in [1.82, 2.24) is 5.32 Å². The summed E-state index contributed by atoms with van der Waals surface area (Å²) >= 11 is 1.33. The van der Waals surface area contributed by atoms with E-state index in [0.717, 1.165) is 29.7 Å². The number of hydrogen-bond donors (Lipinski definition) is 1. The summed E-state index contributed by atoms with van der Waals surface area (Å²) in [6, 6.07) is 5.78. The molecule has 8 nitrogen and oxygen atoms in total. The van der Waals surface area contributed by atoms with Gasteiger partial charge >= 0.3 is 6.09 Å². The zero-order valence-corrected chi connectivity index (χ0v) is 20.8. The van der Waals surface area contributed by atoms with Crippen molar-refractivity contribution in [3.8, 4) is 0 Å². The zero-order valence-electron chi connectivity index (χ0n) is 19.2. The standard InChI is InChI=1S/C22H31N3O5S2/c1-6-14-9-8-10-15(7-2)19(14)25-16-12-32(28,29)13-17(16)31-20(25)24-18(26)11-23-21(27)30-22(3,4)5/h8-10,16-17H,6-7,11-13H2,1-5H3,(H,23,27)/t16-,17+/m0/s1. The summed E-state index contributed by atoms with van der Waals surface area (Å²) in [5.74, 6) is -0.411. The first-order valence-corrected chi connectivity index (χ1v) is 13.5. The first kappa shape index (κ1) is 24.6. The van der Waals surface area contributed by atoms with Gasteiger partial charge in [0.05, 0.1) is 17.5 Å². The maximum Gasteiger partial charge on any atom is 0.408 e. The Balaban J connectivity index is 1.90. The van der Waals surface area contributed by atoms with Gasteiger partial charge in [0, 0.05) is 10.9 Å². The number of amides is 2. The normalized spacial score (nSPS) is 23.3. The van der Waals surface area contributed by atoms with Gasteiger partial charge in [0.2, 0.25) is 0 Å². The van der Waals surface area contributed by atoms with Gasteiger partial charge in [0.1, 0.15) is 12.1 Å². The van der Waals surface area contributed by atoms with Crippen LogP contribution in [0.2, 0.25) is 0 Å². The molecule has 0 aliphatic carbocycles. The molecule has 176 valence electrons. The molecule has 0 bridgehead atoms. The van der Waals surface area contributed by atoms with Gasteiger partial charge in [-0.25, -0.2) is 13.2 Å². The molecule has 2 aliphatic rings. The highest BCUT2D eigenvalue weighted by molar-refractivity contribution is 8.16. The number of hydrogen-bond acceptors (Lipinski definition) is 6. The highest BCUT2D eigenvalue weighted by atomic mass is 32.2. The number of aryl methyl sites for hydroxylation is 2. The van der Waals surface area contributed by atoms with E-state index in [0.29, 0.717) is 5.17 Å². The van der Waals surface area contributed by atoms with Gasteiger partial charge in [-0.15, -0.1) is 0 Å². The fourth-order valence-corrected chi connectivity index (χ4v) is 7.88. The molecule has 0 saturated carbocycles. The number of thioether (sulfide) groups is 1. The van der Waals surface area contributed by atoms with Crippen molar-refractivity contribution in [3.05, 3.63) is 29.3 Å². The van der Waals surface area contributed by atoms with E-state index >= 15 is 0 Å². The lowest BCUT2D eigenvalue weighted by molar-refractivity contribution is -0.117. The number of sulfone groups is 1. The predicted molar refractivity (Wildman–Crippen MR) is 128 cm³/mol. The van der Waals surface area contributed by atoms with Gasteiger partial charge in [-0.1, -0.05) is 43.8 Å². The summed E-state index contributed by atoms with van der Waals surface area (Å²) in [7, 11) is -3.15. The Morgan fingerprint density at radius 3 is 2.38 bits per heavy atom. The van der Waals surface area contributed by atoms with Gasteiger partial charge in [-0.3, -0.25) is 4.79 Å². The highest BCUT2D eigenvalue weighted by Crippen LogP contribution is 2.43. The lowest BCUT2D eigenvalue weighted by atomic mass is 10.0. The third-order valence-corrected chi connectivity index (χ3v) is 8.49. The van der Waals surface area contributed by atoms with Crippen LogP contribution in [0.1, 0.15) is 45.7 Å². The number of nitrogens with one attached hydrogen (secondary N) is 1. The second-order valence-electron chi connectivity index (χ2n) is 8.95. The third-order valence-electron chi connectivity index (χ3n) is 5.28. The van der Waals surface area contributed by atoms with Crippen LogP contribution in [0.15, 0.2) is 23.2 Å². The molecule has 1 aromatic rings. The number of para-hydroxylation sites is 1. The molecule has 0 radical (unpaired) electrons. The van der Waals surface area contributed by atoms with Crippen LogP contribution in [-0.4, -0.2) is 60.5 Å². The van der Waals surface area contributed by atoms with Crippen molar-refractivity contribution >= 4 is 44.5 Å². The van der Waals surface area contributed by atoms with Crippen molar-refractivity contribution in [1.29, 1.82) is 0 Å². The number of carbonyl (C=O) groups is 2. The van der Waals surface area contributed by atoms with E-state index in [4.69, 9.17) is 4.74 Å². The number of rotatable bonds is 5. The molecular weight excluding hydrogens is 450 g/mol. The van der Waals surface area contributed by atoms with Crippen LogP contribution in [0.4, 0.5) is 10.5 Å². The highest BCUT2D eigenvalue weighted by Gasteiger charge is 2.50. The molecular formula is C22H31N3O5S2. The van der Waals surface area contributed by atoms with E-state index in [1.807, 2.05) is 23.1 Å². The van der Waals surface area contributed by atoms with Gasteiger partial charge in [0.15, 0.2) is 15.0 Å². The van der Waals surface area contributed by atoms with E-state index in [1.165, 1.54) is 11.8 Å². The Hall–Kier alpha value is -2.07. The number of carbonyl (C=O) groups excluding carboxylic acids is 2. The summed E-state index contributed by atoms with van der Waals surface area (Å²) in [4.78, 5) is 30.7. The Morgan fingerprint density at radius 1 is 1.19 bits per heavy atom. The largest absolute Gasteiger partial charge is 0.444 e. The maximum absolute atomic E-state index is 12.6. The minimum Gasteiger partial charge on any atom is -0.444 e. The summed E-state index contributed by atoms with van der Waals surface area (Å²) in [6.45, 7) is 9.03.